The van der Waals surface area contributed by atoms with Gasteiger partial charge in [-0.15, -0.1) is 0 Å². The van der Waals surface area contributed by atoms with Gasteiger partial charge in [0.15, 0.2) is 0 Å². The minimum Gasteiger partial charge on any atom is -0.480 e. The number of aliphatic hydroxyl groups excluding tert-OH is 1. The number of methoxy groups -OCH3 is 3. The lowest BCUT2D eigenvalue weighted by Gasteiger charge is -2.20. The van der Waals surface area contributed by atoms with Crippen molar-refractivity contribution >= 4 is 48.0 Å². The van der Waals surface area contributed by atoms with Gasteiger partial charge in [0, 0.05) is 44.3 Å². The molecule has 3 unspecified atom stereocenters. The van der Waals surface area contributed by atoms with Gasteiger partial charge in [0.2, 0.25) is 5.91 Å². The molecule has 0 bridgehead atoms. The first kappa shape index (κ1) is 73.6. The van der Waals surface area contributed by atoms with Crippen molar-refractivity contribution in [1.29, 1.82) is 0 Å². The van der Waals surface area contributed by atoms with Crippen LogP contribution in [0.5, 0.6) is 0 Å². The van der Waals surface area contributed by atoms with E-state index in [-0.39, 0.29) is 48.7 Å². The van der Waals surface area contributed by atoms with Crippen molar-refractivity contribution < 1.29 is 78.2 Å². The van der Waals surface area contributed by atoms with Crippen LogP contribution in [0.3, 0.4) is 0 Å². The highest BCUT2D eigenvalue weighted by Crippen LogP contribution is 2.14. The molecule has 0 saturated heterocycles. The van der Waals surface area contributed by atoms with E-state index in [9.17, 15) is 48.6 Å². The Balaban J connectivity index is 0.00000102. The Labute approximate surface area is 477 Å². The molecule has 0 radical (unpaired) electrons. The van der Waals surface area contributed by atoms with Gasteiger partial charge in [-0.05, 0) is 82.4 Å². The van der Waals surface area contributed by atoms with E-state index < -0.39 is 41.9 Å². The molecule has 6 atom stereocenters. The molecule has 0 spiro atoms. The smallest absolute Gasteiger partial charge is 0.320 e. The van der Waals surface area contributed by atoms with Gasteiger partial charge in [0.25, 0.3) is 0 Å². The monoisotopic (exact) mass is 1130 g/mol. The number of hydrogen-bond donors (Lipinski definition) is 9. The second-order valence-electron chi connectivity index (χ2n) is 19.1. The predicted molar refractivity (Wildman–Crippen MR) is 307 cm³/mol. The summed E-state index contributed by atoms with van der Waals surface area (Å²) in [5, 5.41) is 50.2. The Bertz CT molecular complexity index is 2340. The van der Waals surface area contributed by atoms with E-state index in [4.69, 9.17) is 21.2 Å². The average molecular weight is 1130 g/mol. The molecule has 1 amide bonds. The Morgan fingerprint density at radius 2 is 0.778 bits per heavy atom. The van der Waals surface area contributed by atoms with Gasteiger partial charge in [0.1, 0.15) is 24.4 Å². The summed E-state index contributed by atoms with van der Waals surface area (Å²) in [6.45, 7) is 12.6. The van der Waals surface area contributed by atoms with Gasteiger partial charge in [0.05, 0.1) is 27.9 Å². The fraction of sp³-hybridized carbons (Fsp3) is 0.475. The van der Waals surface area contributed by atoms with Crippen LogP contribution in [0.25, 0.3) is 0 Å². The lowest BCUT2D eigenvalue weighted by molar-refractivity contribution is -0.141. The summed E-state index contributed by atoms with van der Waals surface area (Å²) < 4.78 is 13.7. The number of carbonyl (C=O) groups is 8. The lowest BCUT2D eigenvalue weighted by Crippen LogP contribution is -2.41. The van der Waals surface area contributed by atoms with E-state index >= 15 is 0 Å². The molecule has 4 aromatic carbocycles. The molecular formula is C61H88N4O16. The third kappa shape index (κ3) is 33.1. The van der Waals surface area contributed by atoms with Crippen molar-refractivity contribution in [2.75, 3.05) is 21.3 Å². The van der Waals surface area contributed by atoms with Gasteiger partial charge >= 0.3 is 35.8 Å². The number of aryl methyl sites for hydroxylation is 4. The van der Waals surface area contributed by atoms with Crippen molar-refractivity contribution in [1.82, 2.24) is 16.1 Å². The van der Waals surface area contributed by atoms with Crippen LogP contribution < -0.4 is 21.8 Å². The maximum absolute atomic E-state index is 11.2. The van der Waals surface area contributed by atoms with E-state index in [1.807, 2.05) is 126 Å². The van der Waals surface area contributed by atoms with Gasteiger partial charge in [-0.2, -0.15) is 0 Å². The summed E-state index contributed by atoms with van der Waals surface area (Å²) >= 11 is 0. The third-order valence-electron chi connectivity index (χ3n) is 13.2. The molecule has 448 valence electrons. The number of amides is 1. The summed E-state index contributed by atoms with van der Waals surface area (Å²) in [6.07, 6.45) is 7.10. The molecule has 0 heterocycles. The van der Waals surface area contributed by atoms with Crippen LogP contribution in [0.4, 0.5) is 0 Å². The number of carboxylic acid groups (broad SMARTS) is 3. The Hall–Kier alpha value is -7.36. The second-order valence-corrected chi connectivity index (χ2v) is 19.1. The molecule has 0 aliphatic heterocycles. The van der Waals surface area contributed by atoms with Gasteiger partial charge in [-0.25, -0.2) is 5.48 Å². The SMILES string of the molecule is CCC(C)[C@H](N)C(=O)O.CCC(C)[C@H](NCc1ccc(CCC(=O)NO)cc1)C(=O)O.CCC(C)[C@H](NCc1ccc(CCC(=O)OC)cc1)C(=O)O.COC(=O)CCc1ccc(C=O)cc1.COC(=O)CCc1ccc(CO)cc1. The summed E-state index contributed by atoms with van der Waals surface area (Å²) in [6, 6.07) is 28.3. The number of rotatable bonds is 29. The highest BCUT2D eigenvalue weighted by atomic mass is 16.5. The van der Waals surface area contributed by atoms with Crippen LogP contribution in [-0.4, -0.2) is 113 Å². The number of aliphatic carboxylic acids is 3. The van der Waals surface area contributed by atoms with Gasteiger partial charge in [-0.3, -0.25) is 43.6 Å². The fourth-order valence-corrected chi connectivity index (χ4v) is 7.07. The zero-order valence-corrected chi connectivity index (χ0v) is 48.5. The molecule has 0 aromatic heterocycles. The highest BCUT2D eigenvalue weighted by Gasteiger charge is 2.24. The number of hydrogen-bond acceptors (Lipinski definition) is 16. The largest absolute Gasteiger partial charge is 0.480 e. The standard InChI is InChI=1S/C17H25NO4.C16H24N2O4.C11H14O3.C11H12O3.C6H13NO2/c1-4-12(2)16(17(20)21)18-11-14-7-5-13(6-8-14)9-10-15(19)22-3;1-3-11(2)15(16(20)21)17-10-13-6-4-12(5-7-13)8-9-14(19)18-22;2*1-14-11(13)7-6-9-2-4-10(8-12)5-3-9;1-3-4(2)5(7)6(8)9/h5-8,12,16,18H,4,9-11H2,1-3H3,(H,20,21);4-7,11,15,17,22H,3,8-10H2,1-2H3,(H,18,19)(H,20,21);2-5,12H,6-8H2,1H3;2-5,8H,6-7H2,1H3;4-5H,3,7H2,1-2H3,(H,8,9)/t12?,16-;11?,15-;;;4?,5-/m00..0/s1. The quantitative estimate of drug-likeness (QED) is 0.00839. The number of nitrogens with two attached hydrogens (primary N) is 1. The molecule has 20 nitrogen and oxygen atoms in total. The highest BCUT2D eigenvalue weighted by molar-refractivity contribution is 5.76. The number of aldehydes is 1. The summed E-state index contributed by atoms with van der Waals surface area (Å²) in [5.41, 5.74) is 14.6. The van der Waals surface area contributed by atoms with Crippen molar-refractivity contribution in [2.24, 2.45) is 23.5 Å². The van der Waals surface area contributed by atoms with E-state index in [2.05, 4.69) is 24.8 Å². The van der Waals surface area contributed by atoms with Crippen molar-refractivity contribution in [3.63, 3.8) is 0 Å². The topological polar surface area (TPSA) is 328 Å². The van der Waals surface area contributed by atoms with E-state index in [1.54, 1.807) is 17.6 Å². The van der Waals surface area contributed by atoms with Crippen molar-refractivity contribution in [3.8, 4) is 0 Å². The molecule has 0 fully saturated rings. The molecule has 20 heteroatoms. The summed E-state index contributed by atoms with van der Waals surface area (Å²) in [5.74, 6) is -3.39. The van der Waals surface area contributed by atoms with Crippen LogP contribution in [0, 0.1) is 17.8 Å². The second kappa shape index (κ2) is 43.4. The number of carboxylic acids is 3. The number of carbonyl (C=O) groups excluding carboxylic acids is 5. The molecule has 0 aliphatic rings. The van der Waals surface area contributed by atoms with E-state index in [0.717, 1.165) is 64.5 Å². The molecule has 4 rings (SSSR count). The minimum atomic E-state index is -0.913. The molecule has 0 saturated carbocycles. The minimum absolute atomic E-state index is 0.0529. The normalized spacial score (nSPS) is 12.5. The van der Waals surface area contributed by atoms with Gasteiger partial charge < -0.3 is 51.0 Å². The zero-order chi connectivity index (χ0) is 61.3. The summed E-state index contributed by atoms with van der Waals surface area (Å²) in [7, 11) is 4.14. The number of benzene rings is 4. The molecule has 4 aromatic rings. The molecule has 81 heavy (non-hydrogen) atoms. The first-order valence-corrected chi connectivity index (χ1v) is 27.0. The number of hydroxylamine groups is 1. The van der Waals surface area contributed by atoms with Gasteiger partial charge in [-0.1, -0.05) is 158 Å². The fourth-order valence-electron chi connectivity index (χ4n) is 7.07. The number of nitrogens with one attached hydrogen (secondary N) is 3. The Morgan fingerprint density at radius 3 is 1.02 bits per heavy atom. The van der Waals surface area contributed by atoms with Crippen LogP contribution >= 0.6 is 0 Å². The van der Waals surface area contributed by atoms with Crippen LogP contribution in [0.15, 0.2) is 97.1 Å². The maximum atomic E-state index is 11.2. The predicted octanol–water partition coefficient (Wildman–Crippen LogP) is 7.43. The number of esters is 3. The Kier molecular flexibility index (Phi) is 39.5. The third-order valence-corrected chi connectivity index (χ3v) is 13.2. The molecular weight excluding hydrogens is 1040 g/mol. The van der Waals surface area contributed by atoms with Crippen LogP contribution in [0.1, 0.15) is 136 Å². The zero-order valence-electron chi connectivity index (χ0n) is 48.5. The number of ether oxygens (including phenoxy) is 3. The first-order chi connectivity index (χ1) is 38.6. The molecule has 10 N–H and O–H groups in total. The van der Waals surface area contributed by atoms with E-state index in [0.29, 0.717) is 63.6 Å². The lowest BCUT2D eigenvalue weighted by atomic mass is 9.99. The van der Waals surface area contributed by atoms with E-state index in [1.165, 1.54) is 21.3 Å². The van der Waals surface area contributed by atoms with Crippen LogP contribution in [-0.2, 0) is 93.2 Å². The Morgan fingerprint density at radius 1 is 0.481 bits per heavy atom. The average Bonchev–Trinajstić information content (AvgIpc) is 3.49. The van der Waals surface area contributed by atoms with Crippen molar-refractivity contribution in [3.05, 3.63) is 142 Å². The number of aliphatic hydroxyl groups is 1. The maximum Gasteiger partial charge on any atom is 0.320 e. The van der Waals surface area contributed by atoms with Crippen molar-refractivity contribution in [2.45, 2.75) is 150 Å². The molecule has 0 aliphatic carbocycles. The summed E-state index contributed by atoms with van der Waals surface area (Å²) in [4.78, 5) is 86.7. The van der Waals surface area contributed by atoms with Crippen LogP contribution in [0.2, 0.25) is 0 Å². The first-order valence-electron chi connectivity index (χ1n) is 27.0.